The fraction of sp³-hybridized carbons (Fsp3) is 0.286. The van der Waals surface area contributed by atoms with Crippen LogP contribution < -0.4 is 5.32 Å². The van der Waals surface area contributed by atoms with E-state index in [1.165, 1.54) is 31.2 Å². The Morgan fingerprint density at radius 3 is 2.29 bits per heavy atom. The molecule has 0 saturated heterocycles. The first kappa shape index (κ1) is 21.1. The quantitative estimate of drug-likeness (QED) is 0.693. The summed E-state index contributed by atoms with van der Waals surface area (Å²) in [4.78, 5) is 37.0. The van der Waals surface area contributed by atoms with Crippen LogP contribution in [-0.4, -0.2) is 40.9 Å². The Bertz CT molecular complexity index is 809. The van der Waals surface area contributed by atoms with Gasteiger partial charge in [-0.1, -0.05) is 42.5 Å². The molecule has 0 aliphatic carbocycles. The van der Waals surface area contributed by atoms with E-state index < -0.39 is 17.7 Å². The lowest BCUT2D eigenvalue weighted by Crippen LogP contribution is -2.36. The first-order valence-electron chi connectivity index (χ1n) is 8.91. The van der Waals surface area contributed by atoms with Gasteiger partial charge >= 0.3 is 5.97 Å². The largest absolute Gasteiger partial charge is 0.481 e. The number of amides is 2. The molecule has 0 aliphatic heterocycles. The number of aliphatic carboxylic acids is 1. The third-order valence-corrected chi connectivity index (χ3v) is 4.34. The zero-order chi connectivity index (χ0) is 20.5. The maximum absolute atomic E-state index is 13.0. The van der Waals surface area contributed by atoms with Gasteiger partial charge in [-0.25, -0.2) is 4.39 Å². The normalized spacial score (nSPS) is 11.5. The van der Waals surface area contributed by atoms with Crippen LogP contribution in [-0.2, 0) is 20.9 Å². The minimum atomic E-state index is -1.11. The summed E-state index contributed by atoms with van der Waals surface area (Å²) in [6.07, 6.45) is 0.0577. The number of carboxylic acid groups (broad SMARTS) is 1. The average molecular weight is 386 g/mol. The van der Waals surface area contributed by atoms with E-state index >= 15 is 0 Å². The van der Waals surface area contributed by atoms with Gasteiger partial charge < -0.3 is 15.3 Å². The molecule has 2 amide bonds. The predicted octanol–water partition coefficient (Wildman–Crippen LogP) is 2.55. The number of hydrogen-bond donors (Lipinski definition) is 2. The number of carbonyl (C=O) groups is 3. The number of rotatable bonds is 9. The highest BCUT2D eigenvalue weighted by molar-refractivity contribution is 5.80. The molecule has 0 radical (unpaired) electrons. The first-order valence-corrected chi connectivity index (χ1v) is 8.91. The predicted molar refractivity (Wildman–Crippen MR) is 102 cm³/mol. The van der Waals surface area contributed by atoms with Crippen molar-refractivity contribution in [1.29, 1.82) is 0 Å². The van der Waals surface area contributed by atoms with E-state index in [1.807, 2.05) is 30.3 Å². The maximum atomic E-state index is 13.0. The molecule has 2 aromatic carbocycles. The number of benzene rings is 2. The second kappa shape index (κ2) is 10.2. The van der Waals surface area contributed by atoms with Crippen LogP contribution >= 0.6 is 0 Å². The zero-order valence-electron chi connectivity index (χ0n) is 15.6. The van der Waals surface area contributed by atoms with Gasteiger partial charge in [0.05, 0.1) is 5.92 Å². The summed E-state index contributed by atoms with van der Waals surface area (Å²) in [6.45, 7) is 1.95. The number of hydrogen-bond acceptors (Lipinski definition) is 3. The summed E-state index contributed by atoms with van der Waals surface area (Å²) in [7, 11) is 0. The van der Waals surface area contributed by atoms with Crippen molar-refractivity contribution in [2.24, 2.45) is 0 Å². The van der Waals surface area contributed by atoms with E-state index in [0.29, 0.717) is 12.1 Å². The number of nitrogens with zero attached hydrogens (tertiary/aromatic N) is 1. The molecule has 2 rings (SSSR count). The standard InChI is InChI=1S/C21H23FN2O4/c1-15(25)24(14-16-5-3-2-4-6-16)12-11-20(26)23-13-19(21(27)28)17-7-9-18(22)10-8-17/h2-10,19H,11-14H2,1H3,(H,23,26)(H,27,28). The molecular formula is C21H23FN2O4. The molecule has 0 heterocycles. The molecule has 0 saturated carbocycles. The number of carbonyl (C=O) groups excluding carboxylic acids is 2. The molecule has 7 heteroatoms. The van der Waals surface area contributed by atoms with Crippen LogP contribution in [0, 0.1) is 5.82 Å². The van der Waals surface area contributed by atoms with Crippen LogP contribution in [0.5, 0.6) is 0 Å². The van der Waals surface area contributed by atoms with E-state index in [-0.39, 0.29) is 31.3 Å². The molecule has 28 heavy (non-hydrogen) atoms. The minimum Gasteiger partial charge on any atom is -0.481 e. The molecule has 0 bridgehead atoms. The van der Waals surface area contributed by atoms with Gasteiger partial charge in [0.2, 0.25) is 11.8 Å². The van der Waals surface area contributed by atoms with E-state index in [1.54, 1.807) is 4.90 Å². The molecule has 0 aromatic heterocycles. The minimum absolute atomic E-state index is 0.0577. The van der Waals surface area contributed by atoms with Crippen molar-refractivity contribution >= 4 is 17.8 Å². The smallest absolute Gasteiger partial charge is 0.312 e. The Morgan fingerprint density at radius 2 is 1.71 bits per heavy atom. The van der Waals surface area contributed by atoms with Gasteiger partial charge in [0.15, 0.2) is 0 Å². The van der Waals surface area contributed by atoms with Gasteiger partial charge in [-0.15, -0.1) is 0 Å². The van der Waals surface area contributed by atoms with Crippen molar-refractivity contribution in [2.45, 2.75) is 25.8 Å². The van der Waals surface area contributed by atoms with Gasteiger partial charge in [-0.3, -0.25) is 14.4 Å². The highest BCUT2D eigenvalue weighted by Crippen LogP contribution is 2.16. The van der Waals surface area contributed by atoms with Gasteiger partial charge in [-0.05, 0) is 23.3 Å². The van der Waals surface area contributed by atoms with Crippen molar-refractivity contribution in [3.63, 3.8) is 0 Å². The van der Waals surface area contributed by atoms with Crippen molar-refractivity contribution in [3.05, 3.63) is 71.5 Å². The Morgan fingerprint density at radius 1 is 1.07 bits per heavy atom. The molecule has 1 atom stereocenters. The highest BCUT2D eigenvalue weighted by Gasteiger charge is 2.21. The van der Waals surface area contributed by atoms with Gasteiger partial charge in [0.1, 0.15) is 5.82 Å². The zero-order valence-corrected chi connectivity index (χ0v) is 15.6. The van der Waals surface area contributed by atoms with Crippen molar-refractivity contribution in [3.8, 4) is 0 Å². The highest BCUT2D eigenvalue weighted by atomic mass is 19.1. The Labute approximate surface area is 163 Å². The summed E-state index contributed by atoms with van der Waals surface area (Å²) in [5.41, 5.74) is 1.36. The Balaban J connectivity index is 1.88. The van der Waals surface area contributed by atoms with Crippen molar-refractivity contribution in [1.82, 2.24) is 10.2 Å². The fourth-order valence-electron chi connectivity index (χ4n) is 2.74. The molecule has 148 valence electrons. The maximum Gasteiger partial charge on any atom is 0.312 e. The number of nitrogens with one attached hydrogen (secondary N) is 1. The number of carboxylic acids is 1. The van der Waals surface area contributed by atoms with Gasteiger partial charge in [-0.2, -0.15) is 0 Å². The Kier molecular flexibility index (Phi) is 7.68. The molecule has 0 fully saturated rings. The van der Waals surface area contributed by atoms with Gasteiger partial charge in [0, 0.05) is 33.0 Å². The van der Waals surface area contributed by atoms with Crippen LogP contribution in [0.25, 0.3) is 0 Å². The summed E-state index contributed by atoms with van der Waals surface area (Å²) in [5, 5.41) is 11.9. The van der Waals surface area contributed by atoms with Crippen LogP contribution in [0.3, 0.4) is 0 Å². The lowest BCUT2D eigenvalue weighted by molar-refractivity contribution is -0.138. The summed E-state index contributed by atoms with van der Waals surface area (Å²) in [5.74, 6) is -3.04. The Hall–Kier alpha value is -3.22. The summed E-state index contributed by atoms with van der Waals surface area (Å²) in [6, 6.07) is 14.6. The fourth-order valence-corrected chi connectivity index (χ4v) is 2.74. The molecule has 6 nitrogen and oxygen atoms in total. The summed E-state index contributed by atoms with van der Waals surface area (Å²) >= 11 is 0. The van der Waals surface area contributed by atoms with Crippen molar-refractivity contribution in [2.75, 3.05) is 13.1 Å². The lowest BCUT2D eigenvalue weighted by atomic mass is 9.99. The lowest BCUT2D eigenvalue weighted by Gasteiger charge is -2.21. The topological polar surface area (TPSA) is 86.7 Å². The molecule has 0 spiro atoms. The van der Waals surface area contributed by atoms with E-state index in [9.17, 15) is 23.9 Å². The molecule has 0 aliphatic rings. The molecular weight excluding hydrogens is 363 g/mol. The second-order valence-corrected chi connectivity index (χ2v) is 6.42. The van der Waals surface area contributed by atoms with Crippen LogP contribution in [0.1, 0.15) is 30.4 Å². The van der Waals surface area contributed by atoms with Crippen LogP contribution in [0.15, 0.2) is 54.6 Å². The monoisotopic (exact) mass is 386 g/mol. The van der Waals surface area contributed by atoms with Crippen molar-refractivity contribution < 1.29 is 23.9 Å². The van der Waals surface area contributed by atoms with Gasteiger partial charge in [0.25, 0.3) is 0 Å². The van der Waals surface area contributed by atoms with Crippen LogP contribution in [0.2, 0.25) is 0 Å². The molecule has 2 N–H and O–H groups in total. The van der Waals surface area contributed by atoms with Crippen LogP contribution in [0.4, 0.5) is 4.39 Å². The third-order valence-electron chi connectivity index (χ3n) is 4.34. The third kappa shape index (κ3) is 6.50. The summed E-state index contributed by atoms with van der Waals surface area (Å²) < 4.78 is 13.0. The molecule has 1 unspecified atom stereocenters. The van der Waals surface area contributed by atoms with E-state index in [2.05, 4.69) is 5.32 Å². The molecule has 2 aromatic rings. The average Bonchev–Trinajstić information content (AvgIpc) is 2.67. The number of halogens is 1. The first-order chi connectivity index (χ1) is 13.4. The SMILES string of the molecule is CC(=O)N(CCC(=O)NCC(C(=O)O)c1ccc(F)cc1)Cc1ccccc1. The second-order valence-electron chi connectivity index (χ2n) is 6.42. The van der Waals surface area contributed by atoms with E-state index in [4.69, 9.17) is 0 Å². The van der Waals surface area contributed by atoms with E-state index in [0.717, 1.165) is 5.56 Å².